The molecule has 1 saturated carbocycles. The number of pyridine rings is 1. The fourth-order valence-corrected chi connectivity index (χ4v) is 5.81. The van der Waals surface area contributed by atoms with Crippen molar-refractivity contribution in [2.75, 3.05) is 0 Å². The van der Waals surface area contributed by atoms with E-state index in [-0.39, 0.29) is 17.6 Å². The highest BCUT2D eigenvalue weighted by molar-refractivity contribution is 6.30. The van der Waals surface area contributed by atoms with Crippen molar-refractivity contribution in [3.8, 4) is 5.69 Å². The third-order valence-corrected chi connectivity index (χ3v) is 7.95. The van der Waals surface area contributed by atoms with Crippen molar-refractivity contribution in [2.45, 2.75) is 52.1 Å². The summed E-state index contributed by atoms with van der Waals surface area (Å²) in [5.41, 5.74) is 5.60. The monoisotopic (exact) mass is 528 g/mol. The number of hydrogen-bond donors (Lipinski definition) is 2. The highest BCUT2D eigenvalue weighted by Gasteiger charge is 2.26. The largest absolute Gasteiger partial charge is 0.349 e. The number of carbonyl (C=O) groups is 1. The van der Waals surface area contributed by atoms with Crippen LogP contribution in [-0.2, 0) is 6.54 Å². The van der Waals surface area contributed by atoms with Crippen molar-refractivity contribution in [1.29, 1.82) is 0 Å². The van der Waals surface area contributed by atoms with Crippen molar-refractivity contribution in [1.82, 2.24) is 29.6 Å². The first-order valence-corrected chi connectivity index (χ1v) is 13.3. The predicted molar refractivity (Wildman–Crippen MR) is 149 cm³/mol. The quantitative estimate of drug-likeness (QED) is 0.322. The molecule has 1 aliphatic carbocycles. The Morgan fingerprint density at radius 1 is 1.08 bits per heavy atom. The van der Waals surface area contributed by atoms with Crippen LogP contribution >= 0.6 is 11.6 Å². The van der Waals surface area contributed by atoms with Crippen molar-refractivity contribution in [2.24, 2.45) is 5.92 Å². The number of aryl methyl sites for hydroxylation is 2. The number of nitrogens with zero attached hydrogens (tertiary/aromatic N) is 4. The van der Waals surface area contributed by atoms with Gasteiger partial charge in [-0.1, -0.05) is 23.7 Å². The molecule has 1 amide bonds. The maximum Gasteiger partial charge on any atom is 0.333 e. The predicted octanol–water partition coefficient (Wildman–Crippen LogP) is 5.32. The third kappa shape index (κ3) is 4.39. The first kappa shape index (κ1) is 24.4. The summed E-state index contributed by atoms with van der Waals surface area (Å²) in [6.45, 7) is 4.45. The maximum absolute atomic E-state index is 13.8. The first-order chi connectivity index (χ1) is 18.4. The summed E-state index contributed by atoms with van der Waals surface area (Å²) in [6.07, 6.45) is 5.15. The lowest BCUT2D eigenvalue weighted by molar-refractivity contribution is 0.0919. The zero-order chi connectivity index (χ0) is 26.4. The van der Waals surface area contributed by atoms with Crippen LogP contribution in [0.25, 0.3) is 27.6 Å². The Morgan fingerprint density at radius 3 is 2.63 bits per heavy atom. The van der Waals surface area contributed by atoms with E-state index in [1.54, 1.807) is 16.8 Å². The molecule has 0 atom stereocenters. The number of rotatable bonds is 5. The van der Waals surface area contributed by atoms with Crippen molar-refractivity contribution < 1.29 is 4.79 Å². The molecule has 9 heteroatoms. The van der Waals surface area contributed by atoms with E-state index in [0.29, 0.717) is 28.7 Å². The molecular weight excluding hydrogens is 500 g/mol. The summed E-state index contributed by atoms with van der Waals surface area (Å²) in [7, 11) is 0. The van der Waals surface area contributed by atoms with Gasteiger partial charge in [0.25, 0.3) is 5.91 Å². The number of amides is 1. The molecule has 8 nitrogen and oxygen atoms in total. The van der Waals surface area contributed by atoms with Gasteiger partial charge in [0.15, 0.2) is 0 Å². The minimum atomic E-state index is -0.135. The van der Waals surface area contributed by atoms with E-state index in [1.165, 1.54) is 0 Å². The van der Waals surface area contributed by atoms with Crippen LogP contribution < -0.4 is 11.0 Å². The molecule has 1 aliphatic rings. The number of imidazole rings is 1. The van der Waals surface area contributed by atoms with E-state index < -0.39 is 0 Å². The first-order valence-electron chi connectivity index (χ1n) is 13.0. The molecule has 0 radical (unpaired) electrons. The minimum absolute atomic E-state index is 0.0443. The smallest absolute Gasteiger partial charge is 0.333 e. The summed E-state index contributed by atoms with van der Waals surface area (Å²) in [6, 6.07) is 15.7. The van der Waals surface area contributed by atoms with Gasteiger partial charge < -0.3 is 5.32 Å². The molecule has 3 heterocycles. The lowest BCUT2D eigenvalue weighted by Crippen LogP contribution is -2.39. The SMILES string of the molecule is Cc1ncc(Cl)cc1C(=O)NC1CCC(Cn2c(=O)n(-c3ccc4c(C)[nH]nc4c3)c3ccccc32)CC1. The molecule has 1 fully saturated rings. The van der Waals surface area contributed by atoms with Crippen LogP contribution in [0.3, 0.4) is 0 Å². The normalized spacial score (nSPS) is 17.8. The molecule has 0 saturated heterocycles. The van der Waals surface area contributed by atoms with Gasteiger partial charge in [-0.2, -0.15) is 5.10 Å². The molecule has 3 aromatic heterocycles. The van der Waals surface area contributed by atoms with Gasteiger partial charge in [-0.3, -0.25) is 24.0 Å². The zero-order valence-corrected chi connectivity index (χ0v) is 22.1. The molecule has 194 valence electrons. The second-order valence-corrected chi connectivity index (χ2v) is 10.7. The van der Waals surface area contributed by atoms with Gasteiger partial charge in [0, 0.05) is 29.9 Å². The van der Waals surface area contributed by atoms with Gasteiger partial charge in [-0.25, -0.2) is 4.79 Å². The summed E-state index contributed by atoms with van der Waals surface area (Å²) in [5.74, 6) is 0.218. The Hall–Kier alpha value is -3.91. The van der Waals surface area contributed by atoms with Gasteiger partial charge in [-0.05, 0) is 81.8 Å². The van der Waals surface area contributed by atoms with Crippen molar-refractivity contribution >= 4 is 39.4 Å². The van der Waals surface area contributed by atoms with E-state index >= 15 is 0 Å². The molecule has 0 unspecified atom stereocenters. The van der Waals surface area contributed by atoms with Crippen molar-refractivity contribution in [3.63, 3.8) is 0 Å². The number of hydrogen-bond acceptors (Lipinski definition) is 4. The van der Waals surface area contributed by atoms with E-state index in [1.807, 2.05) is 60.9 Å². The molecule has 0 bridgehead atoms. The summed E-state index contributed by atoms with van der Waals surface area (Å²) < 4.78 is 3.69. The number of carbonyl (C=O) groups excluding carboxylic acids is 1. The lowest BCUT2D eigenvalue weighted by Gasteiger charge is -2.29. The average molecular weight is 529 g/mol. The second-order valence-electron chi connectivity index (χ2n) is 10.2. The van der Waals surface area contributed by atoms with Gasteiger partial charge in [0.05, 0.1) is 38.5 Å². The van der Waals surface area contributed by atoms with Gasteiger partial charge in [0.1, 0.15) is 0 Å². The Bertz CT molecular complexity index is 1720. The molecular formula is C29H29ClN6O2. The number of para-hydroxylation sites is 2. The highest BCUT2D eigenvalue weighted by Crippen LogP contribution is 2.28. The summed E-state index contributed by atoms with van der Waals surface area (Å²) in [5, 5.41) is 12.1. The highest BCUT2D eigenvalue weighted by atomic mass is 35.5. The summed E-state index contributed by atoms with van der Waals surface area (Å²) in [4.78, 5) is 30.8. The number of H-pyrrole nitrogens is 1. The van der Waals surface area contributed by atoms with E-state index in [9.17, 15) is 9.59 Å². The fourth-order valence-electron chi connectivity index (χ4n) is 5.66. The molecule has 5 aromatic rings. The van der Waals surface area contributed by atoms with Crippen LogP contribution in [0.5, 0.6) is 0 Å². The van der Waals surface area contributed by atoms with Crippen LogP contribution in [0.1, 0.15) is 47.4 Å². The average Bonchev–Trinajstić information content (AvgIpc) is 3.42. The number of nitrogens with one attached hydrogen (secondary N) is 2. The number of aromatic amines is 1. The van der Waals surface area contributed by atoms with Gasteiger partial charge >= 0.3 is 5.69 Å². The van der Waals surface area contributed by atoms with Crippen LogP contribution in [0.2, 0.25) is 5.02 Å². The molecule has 38 heavy (non-hydrogen) atoms. The molecule has 0 aliphatic heterocycles. The maximum atomic E-state index is 13.8. The van der Waals surface area contributed by atoms with Crippen molar-refractivity contribution in [3.05, 3.63) is 87.2 Å². The van der Waals surface area contributed by atoms with Crippen LogP contribution in [0.4, 0.5) is 0 Å². The summed E-state index contributed by atoms with van der Waals surface area (Å²) >= 11 is 6.04. The standard InChI is InChI=1S/C29H29ClN6O2/c1-17-24(13-20(30)15-31-17)28(37)32-21-9-7-19(8-10-21)16-35-26-5-3-4-6-27(26)36(29(35)38)22-11-12-23-18(2)33-34-25(23)14-22/h3-6,11-15,19,21H,7-10,16H2,1-2H3,(H,32,37)(H,33,34). The van der Waals surface area contributed by atoms with E-state index in [0.717, 1.165) is 59.0 Å². The Morgan fingerprint density at radius 2 is 1.84 bits per heavy atom. The number of halogens is 1. The van der Waals surface area contributed by atoms with Crippen LogP contribution in [-0.4, -0.2) is 36.3 Å². The van der Waals surface area contributed by atoms with E-state index in [2.05, 4.69) is 20.5 Å². The minimum Gasteiger partial charge on any atom is -0.349 e. The van der Waals surface area contributed by atoms with Gasteiger partial charge in [0.2, 0.25) is 0 Å². The lowest BCUT2D eigenvalue weighted by atomic mass is 9.85. The number of aromatic nitrogens is 5. The molecule has 2 aromatic carbocycles. The molecule has 2 N–H and O–H groups in total. The zero-order valence-electron chi connectivity index (χ0n) is 21.4. The Balaban J connectivity index is 1.20. The Kier molecular flexibility index (Phi) is 6.27. The molecule has 0 spiro atoms. The Labute approximate surface area is 224 Å². The second kappa shape index (κ2) is 9.76. The van der Waals surface area contributed by atoms with Gasteiger partial charge in [-0.15, -0.1) is 0 Å². The topological polar surface area (TPSA) is 97.6 Å². The molecule has 6 rings (SSSR count). The third-order valence-electron chi connectivity index (χ3n) is 7.74. The van der Waals surface area contributed by atoms with Crippen LogP contribution in [0.15, 0.2) is 59.5 Å². The van der Waals surface area contributed by atoms with Crippen LogP contribution in [0, 0.1) is 19.8 Å². The number of fused-ring (bicyclic) bond motifs is 2. The van der Waals surface area contributed by atoms with E-state index in [4.69, 9.17) is 11.6 Å². The fraction of sp³-hybridized carbons (Fsp3) is 0.310. The number of benzene rings is 2.